The van der Waals surface area contributed by atoms with Gasteiger partial charge in [0.1, 0.15) is 5.82 Å². The molecule has 0 amide bonds. The summed E-state index contributed by atoms with van der Waals surface area (Å²) in [7, 11) is 0. The van der Waals surface area contributed by atoms with Crippen LogP contribution in [0.15, 0.2) is 30.7 Å². The molecule has 2 N–H and O–H groups in total. The summed E-state index contributed by atoms with van der Waals surface area (Å²) in [5.74, 6) is 1.04. The van der Waals surface area contributed by atoms with E-state index in [1.807, 2.05) is 24.5 Å². The molecule has 0 bridgehead atoms. The molecule has 2 aromatic rings. The molecule has 0 saturated carbocycles. The number of nitrogens with zero attached hydrogens (tertiary/aromatic N) is 2. The summed E-state index contributed by atoms with van der Waals surface area (Å²) in [4.78, 5) is 11.9. The molecule has 3 rings (SSSR count). The topological polar surface area (TPSA) is 53.6 Å². The summed E-state index contributed by atoms with van der Waals surface area (Å²) in [5, 5.41) is 3.43. The van der Waals surface area contributed by atoms with Crippen LogP contribution in [0.1, 0.15) is 24.7 Å². The Morgan fingerprint density at radius 3 is 3.06 bits per heavy atom. The maximum atomic E-state index is 4.43. The fraction of sp³-hybridized carbons (Fsp3) is 0.333. The normalized spacial score (nSPS) is 20.1. The van der Waals surface area contributed by atoms with Crippen LogP contribution in [0.3, 0.4) is 0 Å². The quantitative estimate of drug-likeness (QED) is 0.802. The summed E-state index contributed by atoms with van der Waals surface area (Å²) in [6, 6.07) is 4.36. The van der Waals surface area contributed by atoms with E-state index in [9.17, 15) is 0 Å². The minimum Gasteiger partial charge on any atom is -0.341 e. The summed E-state index contributed by atoms with van der Waals surface area (Å²) in [6.45, 7) is 1.09. The second-order valence-electron chi connectivity index (χ2n) is 4.07. The van der Waals surface area contributed by atoms with Crippen molar-refractivity contribution in [3.63, 3.8) is 0 Å². The lowest BCUT2D eigenvalue weighted by Gasteiger charge is -2.05. The van der Waals surface area contributed by atoms with Crippen molar-refractivity contribution < 1.29 is 0 Å². The van der Waals surface area contributed by atoms with Crippen LogP contribution in [0.2, 0.25) is 0 Å². The van der Waals surface area contributed by atoms with Gasteiger partial charge in [0.15, 0.2) is 0 Å². The molecule has 1 fully saturated rings. The van der Waals surface area contributed by atoms with Gasteiger partial charge < -0.3 is 10.3 Å². The molecule has 16 heavy (non-hydrogen) atoms. The maximum absolute atomic E-state index is 4.43. The molecule has 1 aliphatic rings. The lowest BCUT2D eigenvalue weighted by atomic mass is 10.2. The van der Waals surface area contributed by atoms with Gasteiger partial charge in [-0.05, 0) is 31.5 Å². The Morgan fingerprint density at radius 1 is 1.31 bits per heavy atom. The molecular weight excluding hydrogens is 200 g/mol. The molecule has 82 valence electrons. The van der Waals surface area contributed by atoms with E-state index in [1.165, 1.54) is 12.8 Å². The molecule has 1 aliphatic heterocycles. The number of aromatic nitrogens is 3. The summed E-state index contributed by atoms with van der Waals surface area (Å²) in [6.07, 6.45) is 7.90. The van der Waals surface area contributed by atoms with Gasteiger partial charge in [0.05, 0.1) is 17.9 Å². The number of rotatable bonds is 2. The number of imidazole rings is 1. The molecular formula is C12H14N4. The van der Waals surface area contributed by atoms with Crippen LogP contribution in [0.4, 0.5) is 0 Å². The molecule has 3 heterocycles. The van der Waals surface area contributed by atoms with Gasteiger partial charge in [0, 0.05) is 18.0 Å². The van der Waals surface area contributed by atoms with Crippen LogP contribution < -0.4 is 5.32 Å². The first kappa shape index (κ1) is 9.54. The highest BCUT2D eigenvalue weighted by molar-refractivity contribution is 5.56. The molecule has 0 radical (unpaired) electrons. The Morgan fingerprint density at radius 2 is 2.31 bits per heavy atom. The van der Waals surface area contributed by atoms with Gasteiger partial charge in [-0.25, -0.2) is 4.98 Å². The standard InChI is InChI=1S/C12H14N4/c1-3-9(7-13-5-1)11-8-15-12(16-11)10-4-2-6-14-10/h1,3,5,7-8,10,14H,2,4,6H2,(H,15,16). The summed E-state index contributed by atoms with van der Waals surface area (Å²) < 4.78 is 0. The lowest BCUT2D eigenvalue weighted by Crippen LogP contribution is -2.14. The largest absolute Gasteiger partial charge is 0.341 e. The molecule has 0 spiro atoms. The number of H-pyrrole nitrogens is 1. The highest BCUT2D eigenvalue weighted by atomic mass is 15.0. The minimum atomic E-state index is 0.394. The maximum Gasteiger partial charge on any atom is 0.123 e. The zero-order valence-electron chi connectivity index (χ0n) is 8.98. The smallest absolute Gasteiger partial charge is 0.123 e. The molecule has 1 atom stereocenters. The first-order valence-electron chi connectivity index (χ1n) is 5.62. The highest BCUT2D eigenvalue weighted by Gasteiger charge is 2.18. The molecule has 4 nitrogen and oxygen atoms in total. The van der Waals surface area contributed by atoms with E-state index >= 15 is 0 Å². The van der Waals surface area contributed by atoms with Crippen LogP contribution in [0.5, 0.6) is 0 Å². The highest BCUT2D eigenvalue weighted by Crippen LogP contribution is 2.23. The molecule has 4 heteroatoms. The molecule has 0 aliphatic carbocycles. The van der Waals surface area contributed by atoms with E-state index < -0.39 is 0 Å². The minimum absolute atomic E-state index is 0.394. The third-order valence-electron chi connectivity index (χ3n) is 2.96. The molecule has 0 aromatic carbocycles. The first-order chi connectivity index (χ1) is 7.93. The van der Waals surface area contributed by atoms with E-state index in [1.54, 1.807) is 6.20 Å². The van der Waals surface area contributed by atoms with E-state index in [0.717, 1.165) is 23.6 Å². The van der Waals surface area contributed by atoms with E-state index in [2.05, 4.69) is 20.3 Å². The van der Waals surface area contributed by atoms with Crippen molar-refractivity contribution in [3.05, 3.63) is 36.5 Å². The average Bonchev–Trinajstić information content (AvgIpc) is 3.01. The Labute approximate surface area is 94.1 Å². The Hall–Kier alpha value is -1.68. The Bertz CT molecular complexity index is 457. The Kier molecular flexibility index (Phi) is 2.42. The van der Waals surface area contributed by atoms with E-state index in [0.29, 0.717) is 6.04 Å². The van der Waals surface area contributed by atoms with Crippen LogP contribution >= 0.6 is 0 Å². The molecule has 1 saturated heterocycles. The van der Waals surface area contributed by atoms with Gasteiger partial charge in [-0.3, -0.25) is 4.98 Å². The third kappa shape index (κ3) is 1.72. The van der Waals surface area contributed by atoms with Crippen molar-refractivity contribution in [2.45, 2.75) is 18.9 Å². The number of aromatic amines is 1. The van der Waals surface area contributed by atoms with E-state index in [-0.39, 0.29) is 0 Å². The summed E-state index contributed by atoms with van der Waals surface area (Å²) in [5.41, 5.74) is 2.12. The SMILES string of the molecule is c1cncc(-c2cnc(C3CCCN3)[nH]2)c1. The zero-order chi connectivity index (χ0) is 10.8. The fourth-order valence-electron chi connectivity index (χ4n) is 2.10. The summed E-state index contributed by atoms with van der Waals surface area (Å²) >= 11 is 0. The molecule has 2 aromatic heterocycles. The lowest BCUT2D eigenvalue weighted by molar-refractivity contribution is 0.613. The van der Waals surface area contributed by atoms with Crippen LogP contribution in [0, 0.1) is 0 Å². The number of hydrogen-bond acceptors (Lipinski definition) is 3. The number of pyridine rings is 1. The second kappa shape index (κ2) is 4.06. The van der Waals surface area contributed by atoms with Crippen molar-refractivity contribution in [2.75, 3.05) is 6.54 Å². The molecule has 1 unspecified atom stereocenters. The van der Waals surface area contributed by atoms with Crippen LogP contribution in [-0.2, 0) is 0 Å². The van der Waals surface area contributed by atoms with Crippen molar-refractivity contribution in [1.82, 2.24) is 20.3 Å². The predicted octanol–water partition coefficient (Wildman–Crippen LogP) is 1.90. The van der Waals surface area contributed by atoms with Gasteiger partial charge in [-0.1, -0.05) is 0 Å². The van der Waals surface area contributed by atoms with Crippen molar-refractivity contribution in [3.8, 4) is 11.3 Å². The first-order valence-corrected chi connectivity index (χ1v) is 5.62. The predicted molar refractivity (Wildman–Crippen MR) is 61.8 cm³/mol. The van der Waals surface area contributed by atoms with Gasteiger partial charge in [-0.15, -0.1) is 0 Å². The van der Waals surface area contributed by atoms with Gasteiger partial charge in [-0.2, -0.15) is 0 Å². The van der Waals surface area contributed by atoms with Crippen molar-refractivity contribution in [2.24, 2.45) is 0 Å². The number of hydrogen-bond donors (Lipinski definition) is 2. The fourth-order valence-corrected chi connectivity index (χ4v) is 2.10. The second-order valence-corrected chi connectivity index (χ2v) is 4.07. The monoisotopic (exact) mass is 214 g/mol. The average molecular weight is 214 g/mol. The number of nitrogens with one attached hydrogen (secondary N) is 2. The third-order valence-corrected chi connectivity index (χ3v) is 2.96. The van der Waals surface area contributed by atoms with Gasteiger partial charge in [0.2, 0.25) is 0 Å². The van der Waals surface area contributed by atoms with Crippen LogP contribution in [0.25, 0.3) is 11.3 Å². The zero-order valence-corrected chi connectivity index (χ0v) is 8.98. The van der Waals surface area contributed by atoms with Crippen molar-refractivity contribution in [1.29, 1.82) is 0 Å². The Balaban J connectivity index is 1.87. The van der Waals surface area contributed by atoms with E-state index in [4.69, 9.17) is 0 Å². The van der Waals surface area contributed by atoms with Gasteiger partial charge in [0.25, 0.3) is 0 Å². The van der Waals surface area contributed by atoms with Gasteiger partial charge >= 0.3 is 0 Å². The van der Waals surface area contributed by atoms with Crippen LogP contribution in [-0.4, -0.2) is 21.5 Å². The van der Waals surface area contributed by atoms with Crippen molar-refractivity contribution >= 4 is 0 Å².